The lowest BCUT2D eigenvalue weighted by atomic mass is 9.99. The summed E-state index contributed by atoms with van der Waals surface area (Å²) in [5.74, 6) is 0.699. The summed E-state index contributed by atoms with van der Waals surface area (Å²) in [5.41, 5.74) is 6.35. The van der Waals surface area contributed by atoms with Gasteiger partial charge in [0.05, 0.1) is 18.3 Å². The third-order valence-corrected chi connectivity index (χ3v) is 6.41. The van der Waals surface area contributed by atoms with Gasteiger partial charge in [-0.15, -0.1) is 0 Å². The summed E-state index contributed by atoms with van der Waals surface area (Å²) in [7, 11) is 0. The fraction of sp³-hybridized carbons (Fsp3) is 0.407. The molecule has 1 aliphatic heterocycles. The van der Waals surface area contributed by atoms with Gasteiger partial charge < -0.3 is 10.2 Å². The minimum absolute atomic E-state index is 0.0498. The minimum Gasteiger partial charge on any atom is -0.371 e. The quantitative estimate of drug-likeness (QED) is 0.579. The predicted molar refractivity (Wildman–Crippen MR) is 130 cm³/mol. The topological polar surface area (TPSA) is 50.2 Å². The molecule has 4 rings (SSSR count). The van der Waals surface area contributed by atoms with Crippen molar-refractivity contribution in [3.63, 3.8) is 0 Å². The van der Waals surface area contributed by atoms with E-state index in [4.69, 9.17) is 0 Å². The van der Waals surface area contributed by atoms with Gasteiger partial charge in [0.15, 0.2) is 0 Å². The molecular weight excluding hydrogens is 396 g/mol. The number of rotatable bonds is 6. The van der Waals surface area contributed by atoms with Gasteiger partial charge in [0.1, 0.15) is 0 Å². The van der Waals surface area contributed by atoms with Gasteiger partial charge in [-0.1, -0.05) is 31.2 Å². The van der Waals surface area contributed by atoms with Crippen molar-refractivity contribution in [1.82, 2.24) is 15.1 Å². The van der Waals surface area contributed by atoms with Crippen molar-refractivity contribution in [2.75, 3.05) is 18.0 Å². The average Bonchev–Trinajstić information content (AvgIpc) is 3.10. The molecule has 5 heteroatoms. The zero-order valence-electron chi connectivity index (χ0n) is 19.6. The summed E-state index contributed by atoms with van der Waals surface area (Å²) in [5, 5.41) is 7.64. The molecule has 1 fully saturated rings. The van der Waals surface area contributed by atoms with E-state index in [1.165, 1.54) is 18.5 Å². The Morgan fingerprint density at radius 1 is 1.12 bits per heavy atom. The normalized spacial score (nSPS) is 17.2. The van der Waals surface area contributed by atoms with Crippen molar-refractivity contribution in [1.29, 1.82) is 0 Å². The van der Waals surface area contributed by atoms with Crippen molar-refractivity contribution in [3.05, 3.63) is 82.7 Å². The lowest BCUT2D eigenvalue weighted by Crippen LogP contribution is -2.34. The highest BCUT2D eigenvalue weighted by molar-refractivity contribution is 5.94. The Morgan fingerprint density at radius 2 is 1.84 bits per heavy atom. The highest BCUT2D eigenvalue weighted by Gasteiger charge is 2.17. The number of aromatic nitrogens is 2. The van der Waals surface area contributed by atoms with Gasteiger partial charge in [0, 0.05) is 30.0 Å². The molecule has 0 spiro atoms. The predicted octanol–water partition coefficient (Wildman–Crippen LogP) is 5.28. The van der Waals surface area contributed by atoms with Crippen LogP contribution < -0.4 is 10.2 Å². The molecule has 2 heterocycles. The van der Waals surface area contributed by atoms with Gasteiger partial charge >= 0.3 is 0 Å². The van der Waals surface area contributed by atoms with Crippen LogP contribution in [0.5, 0.6) is 0 Å². The molecule has 0 aliphatic carbocycles. The Bertz CT molecular complexity index is 1050. The maximum Gasteiger partial charge on any atom is 0.251 e. The smallest absolute Gasteiger partial charge is 0.251 e. The van der Waals surface area contributed by atoms with Gasteiger partial charge in [0.2, 0.25) is 0 Å². The molecule has 32 heavy (non-hydrogen) atoms. The molecule has 1 aliphatic rings. The molecule has 2 atom stereocenters. The van der Waals surface area contributed by atoms with E-state index in [1.807, 2.05) is 42.8 Å². The van der Waals surface area contributed by atoms with E-state index in [0.717, 1.165) is 41.5 Å². The van der Waals surface area contributed by atoms with E-state index in [1.54, 1.807) is 0 Å². The Balaban J connectivity index is 1.35. The van der Waals surface area contributed by atoms with Crippen LogP contribution in [-0.2, 0) is 6.54 Å². The molecule has 2 aromatic carbocycles. The third-order valence-electron chi connectivity index (χ3n) is 6.41. The lowest BCUT2D eigenvalue weighted by molar-refractivity contribution is 0.0940. The highest BCUT2D eigenvalue weighted by atomic mass is 16.1. The third kappa shape index (κ3) is 5.21. The summed E-state index contributed by atoms with van der Waals surface area (Å²) in [6.07, 6.45) is 2.58. The van der Waals surface area contributed by atoms with E-state index in [0.29, 0.717) is 12.1 Å². The van der Waals surface area contributed by atoms with Gasteiger partial charge in [0.25, 0.3) is 5.91 Å². The minimum atomic E-state index is -0.0518. The van der Waals surface area contributed by atoms with Crippen molar-refractivity contribution >= 4 is 11.6 Å². The molecule has 0 saturated carbocycles. The molecule has 0 unspecified atom stereocenters. The number of anilines is 1. The molecular formula is C27H34N4O. The number of nitrogens with one attached hydrogen (secondary N) is 1. The van der Waals surface area contributed by atoms with Gasteiger partial charge in [-0.3, -0.25) is 9.48 Å². The maximum atomic E-state index is 12.8. The molecule has 168 valence electrons. The van der Waals surface area contributed by atoms with Crippen molar-refractivity contribution in [2.45, 2.75) is 53.1 Å². The van der Waals surface area contributed by atoms with E-state index in [2.05, 4.69) is 59.5 Å². The summed E-state index contributed by atoms with van der Waals surface area (Å²) in [6.45, 7) is 11.4. The van der Waals surface area contributed by atoms with Gasteiger partial charge in [-0.2, -0.15) is 5.10 Å². The second-order valence-corrected chi connectivity index (χ2v) is 9.26. The van der Waals surface area contributed by atoms with Crippen molar-refractivity contribution in [2.24, 2.45) is 5.92 Å². The number of carbonyl (C=O) groups is 1. The van der Waals surface area contributed by atoms with Crippen LogP contribution >= 0.6 is 0 Å². The van der Waals surface area contributed by atoms with Crippen molar-refractivity contribution < 1.29 is 4.79 Å². The number of benzene rings is 2. The molecule has 3 aromatic rings. The molecule has 0 radical (unpaired) electrons. The summed E-state index contributed by atoms with van der Waals surface area (Å²) in [6, 6.07) is 18.5. The number of amides is 1. The molecule has 0 bridgehead atoms. The van der Waals surface area contributed by atoms with Gasteiger partial charge in [-0.25, -0.2) is 0 Å². The first kappa shape index (κ1) is 22.1. The monoisotopic (exact) mass is 430 g/mol. The molecule has 1 saturated heterocycles. The van der Waals surface area contributed by atoms with E-state index in [-0.39, 0.29) is 11.9 Å². The van der Waals surface area contributed by atoms with Crippen LogP contribution in [0.15, 0.2) is 54.6 Å². The van der Waals surface area contributed by atoms with Crippen LogP contribution in [0.1, 0.15) is 65.6 Å². The number of nitrogens with zero attached hydrogens (tertiary/aromatic N) is 3. The SMILES string of the molecule is Cc1cc(C)n(Cc2ccc(C(=O)N[C@H](C)c3ccc(N4CCC[C@H](C)C4)cc3)cc2)n1. The maximum absolute atomic E-state index is 12.8. The fourth-order valence-corrected chi connectivity index (χ4v) is 4.53. The van der Waals surface area contributed by atoms with Crippen LogP contribution in [0.2, 0.25) is 0 Å². The summed E-state index contributed by atoms with van der Waals surface area (Å²) < 4.78 is 1.99. The first-order valence-corrected chi connectivity index (χ1v) is 11.6. The molecule has 5 nitrogen and oxygen atoms in total. The number of hydrogen-bond donors (Lipinski definition) is 1. The Hall–Kier alpha value is -3.08. The zero-order chi connectivity index (χ0) is 22.7. The van der Waals surface area contributed by atoms with Crippen LogP contribution in [-0.4, -0.2) is 28.8 Å². The Labute approximate surface area is 191 Å². The molecule has 1 amide bonds. The number of aryl methyl sites for hydroxylation is 2. The van der Waals surface area contributed by atoms with E-state index >= 15 is 0 Å². The van der Waals surface area contributed by atoms with Crippen LogP contribution in [0.25, 0.3) is 0 Å². The van der Waals surface area contributed by atoms with E-state index < -0.39 is 0 Å². The van der Waals surface area contributed by atoms with Crippen molar-refractivity contribution in [3.8, 4) is 0 Å². The number of piperidine rings is 1. The molecule has 1 N–H and O–H groups in total. The Morgan fingerprint density at radius 3 is 2.47 bits per heavy atom. The van der Waals surface area contributed by atoms with Crippen LogP contribution in [0.3, 0.4) is 0 Å². The van der Waals surface area contributed by atoms with Crippen LogP contribution in [0.4, 0.5) is 5.69 Å². The first-order chi connectivity index (χ1) is 15.4. The second-order valence-electron chi connectivity index (χ2n) is 9.26. The highest BCUT2D eigenvalue weighted by Crippen LogP contribution is 2.24. The number of carbonyl (C=O) groups excluding carboxylic acids is 1. The lowest BCUT2D eigenvalue weighted by Gasteiger charge is -2.33. The molecule has 1 aromatic heterocycles. The van der Waals surface area contributed by atoms with Gasteiger partial charge in [-0.05, 0) is 81.0 Å². The van der Waals surface area contributed by atoms with Crippen LogP contribution in [0, 0.1) is 19.8 Å². The fourth-order valence-electron chi connectivity index (χ4n) is 4.53. The standard InChI is InChI=1S/C27H34N4O/c1-19-6-5-15-30(17-19)26-13-11-24(12-14-26)22(4)28-27(32)25-9-7-23(8-10-25)18-31-21(3)16-20(2)29-31/h7-14,16,19,22H,5-6,15,17-18H2,1-4H3,(H,28,32)/t19-,22+/m0/s1. The summed E-state index contributed by atoms with van der Waals surface area (Å²) >= 11 is 0. The van der Waals surface area contributed by atoms with E-state index in [9.17, 15) is 4.79 Å². The largest absolute Gasteiger partial charge is 0.371 e. The second kappa shape index (κ2) is 9.60. The number of hydrogen-bond acceptors (Lipinski definition) is 3. The summed E-state index contributed by atoms with van der Waals surface area (Å²) in [4.78, 5) is 15.2. The average molecular weight is 431 g/mol. The first-order valence-electron chi connectivity index (χ1n) is 11.6. The Kier molecular flexibility index (Phi) is 6.63. The zero-order valence-corrected chi connectivity index (χ0v) is 19.6.